The molecule has 8 heteroatoms. The van der Waals surface area contributed by atoms with Gasteiger partial charge in [0.2, 0.25) is 0 Å². The van der Waals surface area contributed by atoms with Gasteiger partial charge < -0.3 is 15.0 Å². The number of nitrogens with zero attached hydrogens (tertiary/aromatic N) is 1. The molecule has 1 aliphatic rings. The summed E-state index contributed by atoms with van der Waals surface area (Å²) in [5, 5.41) is 2.72. The zero-order chi connectivity index (χ0) is 21.7. The minimum atomic E-state index is -0.438. The highest BCUT2D eigenvalue weighted by Gasteiger charge is 2.29. The zero-order valence-electron chi connectivity index (χ0n) is 16.5. The fourth-order valence-corrected chi connectivity index (χ4v) is 3.78. The van der Waals surface area contributed by atoms with E-state index in [-0.39, 0.29) is 18.4 Å². The number of aryl methyl sites for hydroxylation is 1. The number of amides is 2. The number of hydrogen-bond donors (Lipinski definition) is 1. The second-order valence-electron chi connectivity index (χ2n) is 7.19. The number of carbonyl (C=O) groups excluding carboxylic acids is 3. The van der Waals surface area contributed by atoms with Crippen LogP contribution in [0.4, 0.5) is 10.1 Å². The highest BCUT2D eigenvalue weighted by atomic mass is 79.9. The van der Waals surface area contributed by atoms with Crippen molar-refractivity contribution in [3.8, 4) is 0 Å². The Balaban J connectivity index is 1.44. The molecule has 0 unspecified atom stereocenters. The molecule has 0 saturated carbocycles. The van der Waals surface area contributed by atoms with Crippen LogP contribution in [-0.4, -0.2) is 42.4 Å². The minimum Gasteiger partial charge on any atom is -0.455 e. The average molecular weight is 477 g/mol. The normalized spacial score (nSPS) is 14.3. The van der Waals surface area contributed by atoms with Crippen LogP contribution in [0, 0.1) is 18.7 Å². The Hall–Kier alpha value is -2.74. The number of rotatable bonds is 5. The maximum atomic E-state index is 13.0. The Morgan fingerprint density at radius 3 is 2.43 bits per heavy atom. The van der Waals surface area contributed by atoms with Crippen molar-refractivity contribution in [2.75, 3.05) is 25.0 Å². The molecule has 1 saturated heterocycles. The van der Waals surface area contributed by atoms with E-state index in [1.165, 1.54) is 24.3 Å². The summed E-state index contributed by atoms with van der Waals surface area (Å²) in [4.78, 5) is 38.5. The Morgan fingerprint density at radius 2 is 1.80 bits per heavy atom. The van der Waals surface area contributed by atoms with Crippen molar-refractivity contribution in [3.63, 3.8) is 0 Å². The minimum absolute atomic E-state index is 0.189. The maximum absolute atomic E-state index is 13.0. The highest BCUT2D eigenvalue weighted by Crippen LogP contribution is 2.22. The van der Waals surface area contributed by atoms with Crippen LogP contribution < -0.4 is 5.32 Å². The average Bonchev–Trinajstić information content (AvgIpc) is 2.74. The van der Waals surface area contributed by atoms with E-state index in [1.807, 2.05) is 19.1 Å². The van der Waals surface area contributed by atoms with Crippen molar-refractivity contribution in [3.05, 3.63) is 63.9 Å². The summed E-state index contributed by atoms with van der Waals surface area (Å²) in [7, 11) is 0. The second-order valence-corrected chi connectivity index (χ2v) is 8.10. The van der Waals surface area contributed by atoms with E-state index in [9.17, 15) is 18.8 Å². The Bertz CT molecular complexity index is 941. The standard InChI is InChI=1S/C22H22BrFN2O4/c1-14-12-17(23)4-7-19(14)25-20(27)13-30-22(29)16-8-10-26(11-9-16)21(28)15-2-5-18(24)6-3-15/h2-7,12,16H,8-11,13H2,1H3,(H,25,27). The van der Waals surface area contributed by atoms with Crippen LogP contribution in [0.15, 0.2) is 46.9 Å². The molecule has 3 rings (SSSR count). The third kappa shape index (κ3) is 5.66. The molecule has 0 radical (unpaired) electrons. The summed E-state index contributed by atoms with van der Waals surface area (Å²) < 4.78 is 19.1. The first-order valence-electron chi connectivity index (χ1n) is 9.61. The van der Waals surface area contributed by atoms with Gasteiger partial charge in [-0.2, -0.15) is 0 Å². The smallest absolute Gasteiger partial charge is 0.309 e. The molecule has 158 valence electrons. The van der Waals surface area contributed by atoms with Gasteiger partial charge in [-0.15, -0.1) is 0 Å². The van der Waals surface area contributed by atoms with Crippen LogP contribution in [0.5, 0.6) is 0 Å². The fraction of sp³-hybridized carbons (Fsp3) is 0.318. The molecule has 0 atom stereocenters. The summed E-state index contributed by atoms with van der Waals surface area (Å²) in [6.45, 7) is 2.32. The molecule has 1 N–H and O–H groups in total. The van der Waals surface area contributed by atoms with Crippen LogP contribution in [0.3, 0.4) is 0 Å². The molecule has 0 aliphatic carbocycles. The summed E-state index contributed by atoms with van der Waals surface area (Å²) >= 11 is 3.36. The van der Waals surface area contributed by atoms with E-state index >= 15 is 0 Å². The van der Waals surface area contributed by atoms with Crippen molar-refractivity contribution in [1.82, 2.24) is 4.90 Å². The quantitative estimate of drug-likeness (QED) is 0.663. The van der Waals surface area contributed by atoms with Crippen LogP contribution in [0.25, 0.3) is 0 Å². The molecule has 2 aromatic rings. The van der Waals surface area contributed by atoms with Crippen molar-refractivity contribution in [1.29, 1.82) is 0 Å². The fourth-order valence-electron chi connectivity index (χ4n) is 3.30. The van der Waals surface area contributed by atoms with E-state index < -0.39 is 17.7 Å². The van der Waals surface area contributed by atoms with Gasteiger partial charge in [-0.1, -0.05) is 15.9 Å². The molecule has 6 nitrogen and oxygen atoms in total. The highest BCUT2D eigenvalue weighted by molar-refractivity contribution is 9.10. The van der Waals surface area contributed by atoms with Gasteiger partial charge in [0.1, 0.15) is 5.82 Å². The van der Waals surface area contributed by atoms with Gasteiger partial charge in [-0.3, -0.25) is 14.4 Å². The van der Waals surface area contributed by atoms with Crippen LogP contribution >= 0.6 is 15.9 Å². The van der Waals surface area contributed by atoms with E-state index in [2.05, 4.69) is 21.2 Å². The molecule has 0 spiro atoms. The summed E-state index contributed by atoms with van der Waals surface area (Å²) in [6, 6.07) is 10.9. The first-order valence-corrected chi connectivity index (χ1v) is 10.4. The van der Waals surface area contributed by atoms with Gasteiger partial charge in [0.15, 0.2) is 6.61 Å². The number of anilines is 1. The molecule has 1 heterocycles. The van der Waals surface area contributed by atoms with Gasteiger partial charge in [-0.05, 0) is 67.8 Å². The van der Waals surface area contributed by atoms with Crippen molar-refractivity contribution in [2.24, 2.45) is 5.92 Å². The van der Waals surface area contributed by atoms with Gasteiger partial charge in [0.25, 0.3) is 11.8 Å². The lowest BCUT2D eigenvalue weighted by atomic mass is 9.96. The first-order chi connectivity index (χ1) is 14.3. The van der Waals surface area contributed by atoms with Crippen molar-refractivity contribution < 1.29 is 23.5 Å². The Labute approximate surface area is 182 Å². The second kappa shape index (κ2) is 9.84. The molecule has 0 aromatic heterocycles. The summed E-state index contributed by atoms with van der Waals surface area (Å²) in [6.07, 6.45) is 0.915. The lowest BCUT2D eigenvalue weighted by molar-refractivity contribution is -0.152. The monoisotopic (exact) mass is 476 g/mol. The molecule has 2 aromatic carbocycles. The summed E-state index contributed by atoms with van der Waals surface area (Å²) in [5.74, 6) is -1.79. The van der Waals surface area contributed by atoms with Crippen LogP contribution in [0.1, 0.15) is 28.8 Å². The molecule has 2 amide bonds. The van der Waals surface area contributed by atoms with Crippen molar-refractivity contribution >= 4 is 39.4 Å². The predicted octanol–water partition coefficient (Wildman–Crippen LogP) is 3.93. The number of likely N-dealkylation sites (tertiary alicyclic amines) is 1. The van der Waals surface area contributed by atoms with Gasteiger partial charge >= 0.3 is 5.97 Å². The van der Waals surface area contributed by atoms with Crippen LogP contribution in [0.2, 0.25) is 0 Å². The topological polar surface area (TPSA) is 75.7 Å². The molecular weight excluding hydrogens is 455 g/mol. The molecular formula is C22H22BrFN2O4. The molecule has 30 heavy (non-hydrogen) atoms. The number of ether oxygens (including phenoxy) is 1. The Kier molecular flexibility index (Phi) is 7.20. The predicted molar refractivity (Wildman–Crippen MR) is 113 cm³/mol. The van der Waals surface area contributed by atoms with E-state index in [0.717, 1.165) is 10.0 Å². The number of piperidine rings is 1. The number of carbonyl (C=O) groups is 3. The van der Waals surface area contributed by atoms with Crippen LogP contribution in [-0.2, 0) is 14.3 Å². The molecule has 0 bridgehead atoms. The first kappa shape index (κ1) is 22.0. The lowest BCUT2D eigenvalue weighted by Gasteiger charge is -2.31. The van der Waals surface area contributed by atoms with E-state index in [4.69, 9.17) is 4.74 Å². The molecule has 1 fully saturated rings. The number of esters is 1. The lowest BCUT2D eigenvalue weighted by Crippen LogP contribution is -2.41. The van der Waals surface area contributed by atoms with Gasteiger partial charge in [0, 0.05) is 28.8 Å². The number of halogens is 2. The third-order valence-corrected chi connectivity index (χ3v) is 5.51. The van der Waals surface area contributed by atoms with Gasteiger partial charge in [0.05, 0.1) is 5.92 Å². The zero-order valence-corrected chi connectivity index (χ0v) is 18.1. The number of nitrogens with one attached hydrogen (secondary N) is 1. The SMILES string of the molecule is Cc1cc(Br)ccc1NC(=O)COC(=O)C1CCN(C(=O)c2ccc(F)cc2)CC1. The largest absolute Gasteiger partial charge is 0.455 e. The van der Waals surface area contributed by atoms with E-state index in [0.29, 0.717) is 37.2 Å². The summed E-state index contributed by atoms with van der Waals surface area (Å²) in [5.41, 5.74) is 1.96. The number of hydrogen-bond acceptors (Lipinski definition) is 4. The number of benzene rings is 2. The third-order valence-electron chi connectivity index (χ3n) is 5.01. The molecule has 1 aliphatic heterocycles. The van der Waals surface area contributed by atoms with E-state index in [1.54, 1.807) is 11.0 Å². The maximum Gasteiger partial charge on any atom is 0.309 e. The Morgan fingerprint density at radius 1 is 1.13 bits per heavy atom. The van der Waals surface area contributed by atoms with Crippen molar-refractivity contribution in [2.45, 2.75) is 19.8 Å². The van der Waals surface area contributed by atoms with Gasteiger partial charge in [-0.25, -0.2) is 4.39 Å².